The van der Waals surface area contributed by atoms with Gasteiger partial charge in [-0.25, -0.2) is 4.39 Å². The Morgan fingerprint density at radius 1 is 1.34 bits per heavy atom. The summed E-state index contributed by atoms with van der Waals surface area (Å²) >= 11 is 1.10. The lowest BCUT2D eigenvalue weighted by atomic mass is 10.1. The molecule has 2 aromatic carbocycles. The Morgan fingerprint density at radius 2 is 2.14 bits per heavy atom. The first kappa shape index (κ1) is 21.3. The average molecular weight is 418 g/mol. The molecule has 3 rings (SSSR count). The molecule has 0 aromatic heterocycles. The number of nitrogens with one attached hydrogen (secondary N) is 1. The van der Waals surface area contributed by atoms with Crippen molar-refractivity contribution in [3.8, 4) is 0 Å². The summed E-state index contributed by atoms with van der Waals surface area (Å²) in [6, 6.07) is 9.41. The van der Waals surface area contributed by atoms with Crippen molar-refractivity contribution in [2.24, 2.45) is 0 Å². The van der Waals surface area contributed by atoms with Crippen LogP contribution in [0.3, 0.4) is 0 Å². The summed E-state index contributed by atoms with van der Waals surface area (Å²) in [4.78, 5) is 26.8. The molecule has 2 aromatic rings. The zero-order chi connectivity index (χ0) is 21.0. The maximum atomic E-state index is 13.8. The molecule has 6 nitrogen and oxygen atoms in total. The van der Waals surface area contributed by atoms with Gasteiger partial charge in [0.1, 0.15) is 5.82 Å². The molecule has 0 saturated carbocycles. The lowest BCUT2D eigenvalue weighted by Crippen LogP contribution is -2.40. The van der Waals surface area contributed by atoms with Gasteiger partial charge in [0.25, 0.3) is 11.6 Å². The monoisotopic (exact) mass is 417 g/mol. The summed E-state index contributed by atoms with van der Waals surface area (Å²) in [5, 5.41) is 14.4. The second-order valence-electron chi connectivity index (χ2n) is 7.09. The number of carbonyl (C=O) groups excluding carboxylic acids is 1. The van der Waals surface area contributed by atoms with Gasteiger partial charge in [0.15, 0.2) is 0 Å². The SMILES string of the molecule is CCN1CCCC1CNC(=O)c1ccc(Sc2ccc(C)c(F)c2)c([N+](=O)[O-])c1. The van der Waals surface area contributed by atoms with Gasteiger partial charge in [-0.1, -0.05) is 24.8 Å². The third-order valence-corrected chi connectivity index (χ3v) is 6.25. The van der Waals surface area contributed by atoms with E-state index < -0.39 is 4.92 Å². The minimum absolute atomic E-state index is 0.167. The molecule has 1 saturated heterocycles. The van der Waals surface area contributed by atoms with Crippen LogP contribution in [0.4, 0.5) is 10.1 Å². The largest absolute Gasteiger partial charge is 0.350 e. The van der Waals surface area contributed by atoms with E-state index in [0.717, 1.165) is 37.7 Å². The molecular formula is C21H24FN3O3S. The summed E-state index contributed by atoms with van der Waals surface area (Å²) in [6.07, 6.45) is 2.16. The minimum atomic E-state index is -0.514. The van der Waals surface area contributed by atoms with Crippen LogP contribution in [-0.4, -0.2) is 41.4 Å². The van der Waals surface area contributed by atoms with Crippen molar-refractivity contribution in [1.82, 2.24) is 10.2 Å². The summed E-state index contributed by atoms with van der Waals surface area (Å²) < 4.78 is 13.8. The van der Waals surface area contributed by atoms with Crippen molar-refractivity contribution in [2.75, 3.05) is 19.6 Å². The zero-order valence-corrected chi connectivity index (χ0v) is 17.3. The lowest BCUT2D eigenvalue weighted by molar-refractivity contribution is -0.387. The summed E-state index contributed by atoms with van der Waals surface area (Å²) in [6.45, 7) is 6.26. The van der Waals surface area contributed by atoms with Gasteiger partial charge in [-0.3, -0.25) is 19.8 Å². The molecule has 1 heterocycles. The van der Waals surface area contributed by atoms with Crippen LogP contribution in [0.5, 0.6) is 0 Å². The van der Waals surface area contributed by atoms with Crippen LogP contribution in [0.1, 0.15) is 35.7 Å². The van der Waals surface area contributed by atoms with Gasteiger partial charge in [-0.15, -0.1) is 0 Å². The summed E-state index contributed by atoms with van der Waals surface area (Å²) in [5.74, 6) is -0.685. The van der Waals surface area contributed by atoms with Gasteiger partial charge in [-0.05, 0) is 62.7 Å². The van der Waals surface area contributed by atoms with Gasteiger partial charge in [0, 0.05) is 29.1 Å². The van der Waals surface area contributed by atoms with Crippen LogP contribution < -0.4 is 5.32 Å². The van der Waals surface area contributed by atoms with Crippen LogP contribution in [0.15, 0.2) is 46.2 Å². The fourth-order valence-corrected chi connectivity index (χ4v) is 4.43. The van der Waals surface area contributed by atoms with E-state index >= 15 is 0 Å². The van der Waals surface area contributed by atoms with Crippen molar-refractivity contribution >= 4 is 23.4 Å². The number of aryl methyl sites for hydroxylation is 1. The molecule has 1 aliphatic heterocycles. The lowest BCUT2D eigenvalue weighted by Gasteiger charge is -2.22. The predicted molar refractivity (Wildman–Crippen MR) is 111 cm³/mol. The fraction of sp³-hybridized carbons (Fsp3) is 0.381. The van der Waals surface area contributed by atoms with Gasteiger partial charge in [0.2, 0.25) is 0 Å². The van der Waals surface area contributed by atoms with Crippen LogP contribution in [0.25, 0.3) is 0 Å². The number of hydrogen-bond donors (Lipinski definition) is 1. The Labute approximate surface area is 173 Å². The van der Waals surface area contributed by atoms with E-state index in [1.807, 2.05) is 0 Å². The smallest absolute Gasteiger partial charge is 0.284 e. The highest BCUT2D eigenvalue weighted by atomic mass is 32.2. The first-order valence-electron chi connectivity index (χ1n) is 9.63. The highest BCUT2D eigenvalue weighted by Gasteiger charge is 2.24. The number of nitro groups is 1. The topological polar surface area (TPSA) is 75.5 Å². The van der Waals surface area contributed by atoms with E-state index in [-0.39, 0.29) is 23.0 Å². The molecule has 1 N–H and O–H groups in total. The van der Waals surface area contributed by atoms with Crippen molar-refractivity contribution < 1.29 is 14.1 Å². The summed E-state index contributed by atoms with van der Waals surface area (Å²) in [5.41, 5.74) is 0.594. The molecule has 0 aliphatic carbocycles. The average Bonchev–Trinajstić information content (AvgIpc) is 3.16. The highest BCUT2D eigenvalue weighted by molar-refractivity contribution is 7.99. The number of carbonyl (C=O) groups is 1. The molecule has 0 spiro atoms. The second-order valence-corrected chi connectivity index (χ2v) is 8.20. The maximum absolute atomic E-state index is 13.8. The Bertz CT molecular complexity index is 922. The first-order valence-corrected chi connectivity index (χ1v) is 10.5. The maximum Gasteiger partial charge on any atom is 0.284 e. The van der Waals surface area contributed by atoms with E-state index in [1.54, 1.807) is 31.2 Å². The number of hydrogen-bond acceptors (Lipinski definition) is 5. The van der Waals surface area contributed by atoms with E-state index in [0.29, 0.717) is 27.9 Å². The molecule has 1 atom stereocenters. The van der Waals surface area contributed by atoms with E-state index in [2.05, 4.69) is 17.1 Å². The van der Waals surface area contributed by atoms with Crippen LogP contribution in [0.2, 0.25) is 0 Å². The van der Waals surface area contributed by atoms with Crippen molar-refractivity contribution in [1.29, 1.82) is 0 Å². The first-order chi connectivity index (χ1) is 13.9. The number of likely N-dealkylation sites (N-methyl/N-ethyl adjacent to an activating group) is 1. The molecule has 1 fully saturated rings. The van der Waals surface area contributed by atoms with Crippen LogP contribution in [-0.2, 0) is 0 Å². The number of rotatable bonds is 7. The van der Waals surface area contributed by atoms with Gasteiger partial charge in [0.05, 0.1) is 9.82 Å². The predicted octanol–water partition coefficient (Wildman–Crippen LogP) is 4.41. The fourth-order valence-electron chi connectivity index (χ4n) is 3.51. The quantitative estimate of drug-likeness (QED) is 0.534. The molecule has 1 aliphatic rings. The van der Waals surface area contributed by atoms with Gasteiger partial charge < -0.3 is 5.32 Å². The van der Waals surface area contributed by atoms with E-state index in [9.17, 15) is 19.3 Å². The molecule has 8 heteroatoms. The molecular weight excluding hydrogens is 393 g/mol. The molecule has 0 radical (unpaired) electrons. The van der Waals surface area contributed by atoms with E-state index in [1.165, 1.54) is 12.1 Å². The van der Waals surface area contributed by atoms with Crippen molar-refractivity contribution in [3.63, 3.8) is 0 Å². The Balaban J connectivity index is 1.73. The number of likely N-dealkylation sites (tertiary alicyclic amines) is 1. The molecule has 154 valence electrons. The van der Waals surface area contributed by atoms with E-state index in [4.69, 9.17) is 0 Å². The van der Waals surface area contributed by atoms with Gasteiger partial charge in [-0.2, -0.15) is 0 Å². The minimum Gasteiger partial charge on any atom is -0.350 e. The summed E-state index contributed by atoms with van der Waals surface area (Å²) in [7, 11) is 0. The third kappa shape index (κ3) is 5.13. The van der Waals surface area contributed by atoms with Crippen molar-refractivity contribution in [2.45, 2.75) is 42.5 Å². The zero-order valence-electron chi connectivity index (χ0n) is 16.5. The van der Waals surface area contributed by atoms with Gasteiger partial charge >= 0.3 is 0 Å². The third-order valence-electron chi connectivity index (χ3n) is 5.19. The second kappa shape index (κ2) is 9.37. The normalized spacial score (nSPS) is 16.7. The number of nitrogens with zero attached hydrogens (tertiary/aromatic N) is 2. The number of nitro benzene ring substituents is 1. The standard InChI is InChI=1S/C21H24FN3O3S/c1-3-24-10-4-5-16(24)13-23-21(26)15-7-9-20(19(11-15)25(27)28)29-17-8-6-14(2)18(22)12-17/h6-9,11-12,16H,3-5,10,13H2,1-2H3,(H,23,26). The Kier molecular flexibility index (Phi) is 6.87. The molecule has 29 heavy (non-hydrogen) atoms. The number of benzene rings is 2. The van der Waals surface area contributed by atoms with Crippen LogP contribution in [0, 0.1) is 22.9 Å². The highest BCUT2D eigenvalue weighted by Crippen LogP contribution is 2.36. The molecule has 1 unspecified atom stereocenters. The number of halogens is 1. The van der Waals surface area contributed by atoms with Crippen molar-refractivity contribution in [3.05, 3.63) is 63.5 Å². The Morgan fingerprint density at radius 3 is 2.83 bits per heavy atom. The molecule has 1 amide bonds. The molecule has 0 bridgehead atoms. The number of amides is 1. The Hall–Kier alpha value is -2.45. The van der Waals surface area contributed by atoms with Crippen LogP contribution >= 0.6 is 11.8 Å².